The Morgan fingerprint density at radius 2 is 1.56 bits per heavy atom. The minimum Gasteiger partial charge on any atom is -0.374 e. The molecule has 0 bridgehead atoms. The molecule has 1 aromatic carbocycles. The van der Waals surface area contributed by atoms with E-state index in [1.165, 1.54) is 4.72 Å². The van der Waals surface area contributed by atoms with Gasteiger partial charge in [-0.3, -0.25) is 4.79 Å². The van der Waals surface area contributed by atoms with Crippen LogP contribution in [0.25, 0.3) is 0 Å². The summed E-state index contributed by atoms with van der Waals surface area (Å²) >= 11 is 0. The van der Waals surface area contributed by atoms with E-state index in [9.17, 15) is 39.6 Å². The molecule has 140 valence electrons. The molecule has 0 aliphatic carbocycles. The second-order valence-corrected chi connectivity index (χ2v) is 5.80. The maximum Gasteiger partial charge on any atom is 0.416 e. The van der Waals surface area contributed by atoms with E-state index in [0.29, 0.717) is 12.1 Å². The molecule has 1 amide bonds. The van der Waals surface area contributed by atoms with Crippen LogP contribution in [0, 0.1) is 0 Å². The van der Waals surface area contributed by atoms with Gasteiger partial charge in [0.05, 0.1) is 11.1 Å². The number of carbonyl (C=O) groups is 1. The van der Waals surface area contributed by atoms with Gasteiger partial charge in [0, 0.05) is 12.2 Å². The van der Waals surface area contributed by atoms with Gasteiger partial charge in [0.15, 0.2) is 0 Å². The summed E-state index contributed by atoms with van der Waals surface area (Å²) < 4.78 is 102. The Morgan fingerprint density at radius 1 is 1.08 bits per heavy atom. The van der Waals surface area contributed by atoms with Crippen molar-refractivity contribution in [3.63, 3.8) is 0 Å². The lowest BCUT2D eigenvalue weighted by Crippen LogP contribution is -2.25. The van der Waals surface area contributed by atoms with Crippen molar-refractivity contribution in [3.8, 4) is 0 Å². The molecular weight excluding hydrogens is 384 g/mol. The number of alkyl halides is 6. The van der Waals surface area contributed by atoms with Gasteiger partial charge in [-0.15, -0.1) is 0 Å². The molecule has 0 aliphatic heterocycles. The van der Waals surface area contributed by atoms with Crippen molar-refractivity contribution in [2.75, 3.05) is 0 Å². The van der Waals surface area contributed by atoms with Crippen LogP contribution in [0.5, 0.6) is 0 Å². The van der Waals surface area contributed by atoms with Crippen LogP contribution in [0.3, 0.4) is 0 Å². The fraction of sp³-hybridized carbons (Fsp3) is 0.364. The van der Waals surface area contributed by atoms with Crippen LogP contribution in [0.2, 0.25) is 0 Å². The molecule has 1 aromatic rings. The third-order valence-corrected chi connectivity index (χ3v) is 3.18. The molecule has 1 rings (SSSR count). The first-order chi connectivity index (χ1) is 11.2. The summed E-state index contributed by atoms with van der Waals surface area (Å²) in [6.07, 6.45) is -10.1. The Kier molecular flexibility index (Phi) is 5.99. The van der Waals surface area contributed by atoms with Gasteiger partial charge < -0.3 is 4.84 Å². The SMILES string of the molecule is CC(=O)NS(=O)(=O)N=NOCc1cc(C(F)(F)F)cc(C(F)(F)F)c1. The van der Waals surface area contributed by atoms with Crippen molar-refractivity contribution in [3.05, 3.63) is 34.9 Å². The second kappa shape index (κ2) is 7.25. The van der Waals surface area contributed by atoms with Crippen LogP contribution in [0.1, 0.15) is 23.6 Å². The van der Waals surface area contributed by atoms with E-state index in [0.717, 1.165) is 6.92 Å². The van der Waals surface area contributed by atoms with Crippen LogP contribution in [-0.4, -0.2) is 14.3 Å². The number of nitrogens with zero attached hydrogens (tertiary/aromatic N) is 2. The average molecular weight is 393 g/mol. The Balaban J connectivity index is 2.97. The molecule has 0 heterocycles. The second-order valence-electron chi connectivity index (χ2n) is 4.48. The highest BCUT2D eigenvalue weighted by Crippen LogP contribution is 2.36. The quantitative estimate of drug-likeness (QED) is 0.473. The molecule has 0 unspecified atom stereocenters. The monoisotopic (exact) mass is 393 g/mol. The van der Waals surface area contributed by atoms with Crippen molar-refractivity contribution in [2.45, 2.75) is 25.9 Å². The van der Waals surface area contributed by atoms with Crippen molar-refractivity contribution in [1.29, 1.82) is 0 Å². The summed E-state index contributed by atoms with van der Waals surface area (Å²) in [4.78, 5) is 14.8. The number of nitrogens with one attached hydrogen (secondary N) is 1. The third kappa shape index (κ3) is 6.94. The van der Waals surface area contributed by atoms with E-state index in [2.05, 4.69) is 14.6 Å². The Labute approximate surface area is 136 Å². The van der Waals surface area contributed by atoms with Gasteiger partial charge in [0.2, 0.25) is 5.91 Å². The summed E-state index contributed by atoms with van der Waals surface area (Å²) in [5.74, 6) is -0.994. The van der Waals surface area contributed by atoms with Gasteiger partial charge in [-0.1, -0.05) is 0 Å². The Bertz CT molecular complexity index is 741. The standard InChI is InChI=1S/C11H9F6N3O4S/c1-6(21)18-25(22,23)20-19-24-5-7-2-8(10(12,13)14)4-9(3-7)11(15,16)17/h2-4H,5H2,1H3,(H,18,21). The van der Waals surface area contributed by atoms with Gasteiger partial charge in [-0.2, -0.15) is 34.8 Å². The maximum atomic E-state index is 12.6. The number of halogens is 6. The van der Waals surface area contributed by atoms with Crippen molar-refractivity contribution in [1.82, 2.24) is 4.72 Å². The lowest BCUT2D eigenvalue weighted by atomic mass is 10.1. The zero-order valence-corrected chi connectivity index (χ0v) is 13.0. The molecule has 1 N–H and O–H groups in total. The number of rotatable bonds is 5. The fourth-order valence-corrected chi connectivity index (χ4v) is 2.01. The first kappa shape index (κ1) is 20.7. The average Bonchev–Trinajstić information content (AvgIpc) is 2.40. The topological polar surface area (TPSA) is 97.2 Å². The zero-order chi connectivity index (χ0) is 19.5. The molecule has 0 saturated heterocycles. The first-order valence-corrected chi connectivity index (χ1v) is 7.50. The molecule has 0 saturated carbocycles. The number of amides is 1. The summed E-state index contributed by atoms with van der Waals surface area (Å²) in [6, 6.07) is 0.687. The first-order valence-electron chi connectivity index (χ1n) is 6.06. The van der Waals surface area contributed by atoms with Gasteiger partial charge in [0.1, 0.15) is 6.61 Å². The Hall–Kier alpha value is -2.38. The van der Waals surface area contributed by atoms with Crippen molar-refractivity contribution >= 4 is 16.1 Å². The number of hydrogen-bond donors (Lipinski definition) is 1. The number of hydrogen-bond acceptors (Lipinski definition) is 5. The molecule has 7 nitrogen and oxygen atoms in total. The molecular formula is C11H9F6N3O4S. The Morgan fingerprint density at radius 3 is 1.96 bits per heavy atom. The minimum absolute atomic E-state index is 0.0771. The van der Waals surface area contributed by atoms with Gasteiger partial charge in [0.25, 0.3) is 0 Å². The van der Waals surface area contributed by atoms with Crippen LogP contribution in [-0.2, 0) is 38.8 Å². The molecule has 0 radical (unpaired) electrons. The van der Waals surface area contributed by atoms with Gasteiger partial charge >= 0.3 is 22.6 Å². The zero-order valence-electron chi connectivity index (χ0n) is 12.1. The van der Waals surface area contributed by atoms with E-state index < -0.39 is 51.8 Å². The molecule has 0 aliphatic rings. The fourth-order valence-electron chi connectivity index (χ4n) is 1.48. The summed E-state index contributed by atoms with van der Waals surface area (Å²) in [5, 5.41) is 2.63. The summed E-state index contributed by atoms with van der Waals surface area (Å²) in [6.45, 7) is -0.0681. The highest BCUT2D eigenvalue weighted by atomic mass is 32.2. The largest absolute Gasteiger partial charge is 0.416 e. The van der Waals surface area contributed by atoms with Gasteiger partial charge in [-0.25, -0.2) is 4.72 Å². The van der Waals surface area contributed by atoms with Crippen LogP contribution in [0.15, 0.2) is 28.0 Å². The smallest absolute Gasteiger partial charge is 0.374 e. The van der Waals surface area contributed by atoms with Crippen molar-refractivity contribution < 1.29 is 44.4 Å². The van der Waals surface area contributed by atoms with Crippen molar-refractivity contribution in [2.24, 2.45) is 9.80 Å². The highest BCUT2D eigenvalue weighted by Gasteiger charge is 2.36. The molecule has 0 spiro atoms. The molecule has 0 fully saturated rings. The molecule has 25 heavy (non-hydrogen) atoms. The third-order valence-electron chi connectivity index (χ3n) is 2.35. The predicted octanol–water partition coefficient (Wildman–Crippen LogP) is 2.99. The lowest BCUT2D eigenvalue weighted by molar-refractivity contribution is -0.143. The number of benzene rings is 1. The number of carbonyl (C=O) groups excluding carboxylic acids is 1. The molecule has 0 aromatic heterocycles. The van der Waals surface area contributed by atoms with Crippen LogP contribution >= 0.6 is 0 Å². The van der Waals surface area contributed by atoms with Crippen LogP contribution < -0.4 is 4.72 Å². The molecule has 0 atom stereocenters. The lowest BCUT2D eigenvalue weighted by Gasteiger charge is -2.13. The minimum atomic E-state index is -5.04. The summed E-state index contributed by atoms with van der Waals surface area (Å²) in [7, 11) is -4.52. The normalized spacial score (nSPS) is 13.1. The van der Waals surface area contributed by atoms with E-state index in [1.807, 2.05) is 0 Å². The van der Waals surface area contributed by atoms with Crippen LogP contribution in [0.4, 0.5) is 26.3 Å². The van der Waals surface area contributed by atoms with E-state index in [4.69, 9.17) is 0 Å². The van der Waals surface area contributed by atoms with E-state index >= 15 is 0 Å². The summed E-state index contributed by atoms with van der Waals surface area (Å²) in [5.41, 5.74) is -3.70. The highest BCUT2D eigenvalue weighted by molar-refractivity contribution is 7.88. The maximum absolute atomic E-state index is 12.6. The van der Waals surface area contributed by atoms with E-state index in [-0.39, 0.29) is 6.07 Å². The van der Waals surface area contributed by atoms with Gasteiger partial charge in [-0.05, 0) is 28.3 Å². The van der Waals surface area contributed by atoms with E-state index in [1.54, 1.807) is 0 Å². The molecule has 14 heteroatoms. The predicted molar refractivity (Wildman–Crippen MR) is 68.8 cm³/mol.